The molecule has 0 spiro atoms. The molecular weight excluding hydrogens is 366 g/mol. The van der Waals surface area contributed by atoms with Gasteiger partial charge in [-0.05, 0) is 35.7 Å². The van der Waals surface area contributed by atoms with E-state index in [2.05, 4.69) is 23.6 Å². The molecule has 1 aliphatic rings. The molecule has 0 bridgehead atoms. The highest BCUT2D eigenvalue weighted by Crippen LogP contribution is 2.41. The molecule has 3 aromatic rings. The molecule has 134 valence electrons. The van der Waals surface area contributed by atoms with Crippen LogP contribution in [-0.2, 0) is 13.0 Å². The first kappa shape index (κ1) is 17.4. The summed E-state index contributed by atoms with van der Waals surface area (Å²) in [4.78, 5) is 3.53. The van der Waals surface area contributed by atoms with Gasteiger partial charge in [0, 0.05) is 28.1 Å². The standard InChI is InChI=1S/C21H20ClNO2S/c1-3-16-15-11-17(24)18(25-2)10-13(15)8-9-23(16)12-20-21(22)14-6-4-5-7-19(14)26-20/h3-7,10-11,16,24H,1,8-9,12H2,2H3. The monoisotopic (exact) mass is 385 g/mol. The number of phenols is 1. The highest BCUT2D eigenvalue weighted by molar-refractivity contribution is 7.19. The summed E-state index contributed by atoms with van der Waals surface area (Å²) in [5, 5.41) is 12.2. The van der Waals surface area contributed by atoms with Crippen LogP contribution in [-0.4, -0.2) is 23.7 Å². The molecule has 2 aromatic carbocycles. The van der Waals surface area contributed by atoms with Gasteiger partial charge in [-0.25, -0.2) is 0 Å². The first-order valence-electron chi connectivity index (χ1n) is 8.54. The number of methoxy groups -OCH3 is 1. The minimum absolute atomic E-state index is 0.0387. The number of rotatable bonds is 4. The van der Waals surface area contributed by atoms with Gasteiger partial charge in [0.05, 0.1) is 18.2 Å². The number of thiophene rings is 1. The van der Waals surface area contributed by atoms with Crippen LogP contribution in [0.4, 0.5) is 0 Å². The van der Waals surface area contributed by atoms with Crippen LogP contribution >= 0.6 is 22.9 Å². The lowest BCUT2D eigenvalue weighted by molar-refractivity contribution is 0.211. The van der Waals surface area contributed by atoms with Crippen molar-refractivity contribution in [3.8, 4) is 11.5 Å². The van der Waals surface area contributed by atoms with E-state index in [1.165, 1.54) is 15.1 Å². The first-order chi connectivity index (χ1) is 12.6. The maximum absolute atomic E-state index is 10.2. The molecule has 1 aromatic heterocycles. The Morgan fingerprint density at radius 1 is 1.38 bits per heavy atom. The largest absolute Gasteiger partial charge is 0.504 e. The number of hydrogen-bond acceptors (Lipinski definition) is 4. The lowest BCUT2D eigenvalue weighted by atomic mass is 9.92. The van der Waals surface area contributed by atoms with E-state index >= 15 is 0 Å². The average molecular weight is 386 g/mol. The Hall–Kier alpha value is -2.01. The van der Waals surface area contributed by atoms with Crippen LogP contribution in [0.3, 0.4) is 0 Å². The van der Waals surface area contributed by atoms with Crippen molar-refractivity contribution in [3.05, 3.63) is 70.1 Å². The smallest absolute Gasteiger partial charge is 0.160 e. The van der Waals surface area contributed by atoms with E-state index in [9.17, 15) is 5.11 Å². The van der Waals surface area contributed by atoms with Crippen LogP contribution in [0.1, 0.15) is 22.0 Å². The van der Waals surface area contributed by atoms with Gasteiger partial charge < -0.3 is 9.84 Å². The third-order valence-electron chi connectivity index (χ3n) is 4.99. The van der Waals surface area contributed by atoms with Gasteiger partial charge in [0.25, 0.3) is 0 Å². The van der Waals surface area contributed by atoms with E-state index < -0.39 is 0 Å². The van der Waals surface area contributed by atoms with Crippen molar-refractivity contribution < 1.29 is 9.84 Å². The van der Waals surface area contributed by atoms with Gasteiger partial charge in [0.1, 0.15) is 0 Å². The summed E-state index contributed by atoms with van der Waals surface area (Å²) in [6.45, 7) is 5.70. The number of fused-ring (bicyclic) bond motifs is 2. The van der Waals surface area contributed by atoms with E-state index in [4.69, 9.17) is 16.3 Å². The Bertz CT molecular complexity index is 982. The van der Waals surface area contributed by atoms with Gasteiger partial charge in [-0.15, -0.1) is 17.9 Å². The Kier molecular flexibility index (Phi) is 4.65. The fourth-order valence-corrected chi connectivity index (χ4v) is 5.20. The second-order valence-corrected chi connectivity index (χ2v) is 7.97. The molecule has 2 heterocycles. The molecular formula is C21H20ClNO2S. The fourth-order valence-electron chi connectivity index (χ4n) is 3.69. The van der Waals surface area contributed by atoms with E-state index in [0.717, 1.165) is 35.5 Å². The number of benzene rings is 2. The molecule has 0 amide bonds. The van der Waals surface area contributed by atoms with Crippen LogP contribution in [0.15, 0.2) is 49.1 Å². The Morgan fingerprint density at radius 3 is 2.92 bits per heavy atom. The minimum atomic E-state index is 0.0387. The summed E-state index contributed by atoms with van der Waals surface area (Å²) in [5.41, 5.74) is 2.28. The number of aromatic hydroxyl groups is 1. The van der Waals surface area contributed by atoms with Crippen molar-refractivity contribution in [2.45, 2.75) is 19.0 Å². The molecule has 1 N–H and O–H groups in total. The maximum Gasteiger partial charge on any atom is 0.160 e. The highest BCUT2D eigenvalue weighted by atomic mass is 35.5. The summed E-state index contributed by atoms with van der Waals surface area (Å²) in [6.07, 6.45) is 2.84. The second-order valence-electron chi connectivity index (χ2n) is 6.46. The van der Waals surface area contributed by atoms with E-state index in [0.29, 0.717) is 5.75 Å². The lowest BCUT2D eigenvalue weighted by Gasteiger charge is -2.35. The molecule has 5 heteroatoms. The number of phenolic OH excluding ortho intramolecular Hbond substituents is 1. The third kappa shape index (κ3) is 2.88. The molecule has 1 aliphatic heterocycles. The predicted molar refractivity (Wildman–Crippen MR) is 109 cm³/mol. The van der Waals surface area contributed by atoms with Crippen LogP contribution in [0, 0.1) is 0 Å². The van der Waals surface area contributed by atoms with Gasteiger partial charge in [0.2, 0.25) is 0 Å². The normalized spacial score (nSPS) is 17.2. The third-order valence-corrected chi connectivity index (χ3v) is 6.69. The molecule has 1 atom stereocenters. The zero-order valence-corrected chi connectivity index (χ0v) is 16.1. The molecule has 26 heavy (non-hydrogen) atoms. The van der Waals surface area contributed by atoms with Crippen molar-refractivity contribution in [3.63, 3.8) is 0 Å². The second kappa shape index (κ2) is 6.95. The molecule has 0 saturated heterocycles. The van der Waals surface area contributed by atoms with Gasteiger partial charge in [-0.3, -0.25) is 4.90 Å². The van der Waals surface area contributed by atoms with Gasteiger partial charge in [-0.2, -0.15) is 0 Å². The first-order valence-corrected chi connectivity index (χ1v) is 9.74. The number of nitrogens with zero attached hydrogens (tertiary/aromatic N) is 1. The summed E-state index contributed by atoms with van der Waals surface area (Å²) < 4.78 is 6.46. The zero-order chi connectivity index (χ0) is 18.3. The van der Waals surface area contributed by atoms with Crippen molar-refractivity contribution in [1.82, 2.24) is 4.90 Å². The maximum atomic E-state index is 10.2. The minimum Gasteiger partial charge on any atom is -0.504 e. The van der Waals surface area contributed by atoms with Gasteiger partial charge >= 0.3 is 0 Å². The average Bonchev–Trinajstić information content (AvgIpc) is 2.97. The molecule has 0 saturated carbocycles. The SMILES string of the molecule is C=CC1c2cc(O)c(OC)cc2CCN1Cc1sc2ccccc2c1Cl. The van der Waals surface area contributed by atoms with Gasteiger partial charge in [-0.1, -0.05) is 35.9 Å². The Balaban J connectivity index is 1.68. The molecule has 0 fully saturated rings. The van der Waals surface area contributed by atoms with Crippen LogP contribution < -0.4 is 4.74 Å². The highest BCUT2D eigenvalue weighted by Gasteiger charge is 2.28. The summed E-state index contributed by atoms with van der Waals surface area (Å²) >= 11 is 8.38. The predicted octanol–water partition coefficient (Wildman–Crippen LogP) is 5.55. The van der Waals surface area contributed by atoms with Crippen LogP contribution in [0.25, 0.3) is 10.1 Å². The van der Waals surface area contributed by atoms with Gasteiger partial charge in [0.15, 0.2) is 11.5 Å². The van der Waals surface area contributed by atoms with Crippen molar-refractivity contribution in [1.29, 1.82) is 0 Å². The fraction of sp³-hybridized carbons (Fsp3) is 0.238. The lowest BCUT2D eigenvalue weighted by Crippen LogP contribution is -2.33. The molecule has 0 radical (unpaired) electrons. The number of hydrogen-bond donors (Lipinski definition) is 1. The van der Waals surface area contributed by atoms with Crippen molar-refractivity contribution >= 4 is 33.0 Å². The van der Waals surface area contributed by atoms with E-state index in [1.807, 2.05) is 24.3 Å². The molecule has 3 nitrogen and oxygen atoms in total. The van der Waals surface area contributed by atoms with Crippen molar-refractivity contribution in [2.24, 2.45) is 0 Å². The summed E-state index contributed by atoms with van der Waals surface area (Å²) in [7, 11) is 1.57. The van der Waals surface area contributed by atoms with E-state index in [-0.39, 0.29) is 11.8 Å². The molecule has 4 rings (SSSR count). The van der Waals surface area contributed by atoms with Crippen LogP contribution in [0.2, 0.25) is 5.02 Å². The van der Waals surface area contributed by atoms with Crippen molar-refractivity contribution in [2.75, 3.05) is 13.7 Å². The van der Waals surface area contributed by atoms with E-state index in [1.54, 1.807) is 24.5 Å². The Labute approximate surface area is 162 Å². The molecule has 1 unspecified atom stereocenters. The topological polar surface area (TPSA) is 32.7 Å². The summed E-state index contributed by atoms with van der Waals surface area (Å²) in [6, 6.07) is 12.0. The number of halogens is 1. The van der Waals surface area contributed by atoms with Crippen LogP contribution in [0.5, 0.6) is 11.5 Å². The quantitative estimate of drug-likeness (QED) is 0.597. The Morgan fingerprint density at radius 2 is 2.19 bits per heavy atom. The molecule has 0 aliphatic carbocycles. The number of ether oxygens (including phenoxy) is 1. The summed E-state index contributed by atoms with van der Waals surface area (Å²) in [5.74, 6) is 0.687. The zero-order valence-electron chi connectivity index (χ0n) is 14.5.